The molecule has 0 spiro atoms. The van der Waals surface area contributed by atoms with Crippen LogP contribution in [0, 0.1) is 5.82 Å². The zero-order valence-corrected chi connectivity index (χ0v) is 15.1. The predicted molar refractivity (Wildman–Crippen MR) is 103 cm³/mol. The van der Waals surface area contributed by atoms with Crippen LogP contribution in [0.3, 0.4) is 0 Å². The highest BCUT2D eigenvalue weighted by atomic mass is 19.1. The molecule has 0 amide bonds. The van der Waals surface area contributed by atoms with Crippen molar-refractivity contribution in [2.24, 2.45) is 5.73 Å². The number of nitrogens with zero attached hydrogens (tertiary/aromatic N) is 5. The third kappa shape index (κ3) is 2.96. The molecule has 5 rings (SSSR count). The van der Waals surface area contributed by atoms with E-state index in [1.54, 1.807) is 12.1 Å². The third-order valence-electron chi connectivity index (χ3n) is 5.17. The molecule has 0 saturated carbocycles. The van der Waals surface area contributed by atoms with Crippen LogP contribution in [-0.2, 0) is 6.54 Å². The van der Waals surface area contributed by atoms with Gasteiger partial charge in [0.15, 0.2) is 23.0 Å². The van der Waals surface area contributed by atoms with E-state index in [2.05, 4.69) is 20.1 Å². The highest BCUT2D eigenvalue weighted by molar-refractivity contribution is 5.82. The number of hydrogen-bond donors (Lipinski definition) is 2. The maximum Gasteiger partial charge on any atom is 0.187 e. The van der Waals surface area contributed by atoms with E-state index in [0.29, 0.717) is 22.4 Å². The second-order valence-corrected chi connectivity index (χ2v) is 7.27. The molecule has 7 nitrogen and oxygen atoms in total. The molecular formula is C20H19FN6O. The van der Waals surface area contributed by atoms with E-state index < -0.39 is 11.6 Å². The minimum absolute atomic E-state index is 0.247. The summed E-state index contributed by atoms with van der Waals surface area (Å²) in [5.74, 6) is -0.490. The maximum absolute atomic E-state index is 13.6. The third-order valence-corrected chi connectivity index (χ3v) is 5.17. The van der Waals surface area contributed by atoms with Crippen LogP contribution in [0.5, 0.6) is 5.75 Å². The Labute approximate surface area is 160 Å². The Morgan fingerprint density at radius 2 is 2.07 bits per heavy atom. The molecule has 1 unspecified atom stereocenters. The fraction of sp³-hybridized carbons (Fsp3) is 0.250. The van der Waals surface area contributed by atoms with Gasteiger partial charge in [-0.3, -0.25) is 9.30 Å². The van der Waals surface area contributed by atoms with Crippen LogP contribution in [0.2, 0.25) is 0 Å². The van der Waals surface area contributed by atoms with Crippen molar-refractivity contribution in [3.05, 3.63) is 54.0 Å². The van der Waals surface area contributed by atoms with E-state index in [1.807, 2.05) is 22.7 Å². The first kappa shape index (κ1) is 17.0. The summed E-state index contributed by atoms with van der Waals surface area (Å²) in [4.78, 5) is 6.87. The Morgan fingerprint density at radius 3 is 2.89 bits per heavy atom. The second-order valence-electron chi connectivity index (χ2n) is 7.27. The monoisotopic (exact) mass is 378 g/mol. The summed E-state index contributed by atoms with van der Waals surface area (Å²) >= 11 is 0. The maximum atomic E-state index is 13.6. The van der Waals surface area contributed by atoms with Gasteiger partial charge in [0.1, 0.15) is 5.69 Å². The van der Waals surface area contributed by atoms with Gasteiger partial charge in [0, 0.05) is 43.3 Å². The lowest BCUT2D eigenvalue weighted by Gasteiger charge is -2.15. The Hall–Kier alpha value is -3.10. The number of benzene rings is 1. The van der Waals surface area contributed by atoms with Gasteiger partial charge in [-0.2, -0.15) is 0 Å². The molecule has 1 aliphatic heterocycles. The van der Waals surface area contributed by atoms with Gasteiger partial charge >= 0.3 is 0 Å². The Balaban J connectivity index is 1.54. The number of aromatic nitrogens is 4. The number of likely N-dealkylation sites (tertiary alicyclic amines) is 1. The average Bonchev–Trinajstić information content (AvgIpc) is 3.28. The van der Waals surface area contributed by atoms with Gasteiger partial charge < -0.3 is 10.8 Å². The van der Waals surface area contributed by atoms with Gasteiger partial charge in [-0.25, -0.2) is 9.37 Å². The number of rotatable bonds is 3. The highest BCUT2D eigenvalue weighted by Gasteiger charge is 2.19. The minimum Gasteiger partial charge on any atom is -0.505 e. The lowest BCUT2D eigenvalue weighted by molar-refractivity contribution is 0.326. The number of phenols is 1. The summed E-state index contributed by atoms with van der Waals surface area (Å²) in [6, 6.07) is 10.4. The van der Waals surface area contributed by atoms with Gasteiger partial charge in [0.2, 0.25) is 0 Å². The van der Waals surface area contributed by atoms with Gasteiger partial charge in [-0.15, -0.1) is 10.2 Å². The van der Waals surface area contributed by atoms with Crippen LogP contribution in [0.4, 0.5) is 4.39 Å². The van der Waals surface area contributed by atoms with Gasteiger partial charge in [0.05, 0.1) is 5.52 Å². The largest absolute Gasteiger partial charge is 0.505 e. The van der Waals surface area contributed by atoms with Crippen molar-refractivity contribution in [1.29, 1.82) is 0 Å². The van der Waals surface area contributed by atoms with Crippen molar-refractivity contribution >= 4 is 16.6 Å². The summed E-state index contributed by atoms with van der Waals surface area (Å²) in [6.07, 6.45) is 3.04. The average molecular weight is 378 g/mol. The number of aromatic hydroxyl groups is 1. The lowest BCUT2D eigenvalue weighted by atomic mass is 10.2. The van der Waals surface area contributed by atoms with Crippen LogP contribution in [0.1, 0.15) is 12.0 Å². The summed E-state index contributed by atoms with van der Waals surface area (Å²) in [5, 5.41) is 18.7. The first-order valence-corrected chi connectivity index (χ1v) is 9.18. The molecule has 1 aliphatic rings. The Morgan fingerprint density at radius 1 is 1.18 bits per heavy atom. The first-order chi connectivity index (χ1) is 13.6. The van der Waals surface area contributed by atoms with Crippen molar-refractivity contribution in [2.75, 3.05) is 13.1 Å². The molecule has 1 saturated heterocycles. The summed E-state index contributed by atoms with van der Waals surface area (Å²) < 4.78 is 15.5. The van der Waals surface area contributed by atoms with E-state index >= 15 is 0 Å². The molecule has 1 fully saturated rings. The van der Waals surface area contributed by atoms with E-state index in [0.717, 1.165) is 37.3 Å². The van der Waals surface area contributed by atoms with Crippen LogP contribution in [0.15, 0.2) is 42.6 Å². The Bertz CT molecular complexity index is 1190. The van der Waals surface area contributed by atoms with Crippen molar-refractivity contribution in [3.8, 4) is 17.3 Å². The Kier molecular flexibility index (Phi) is 3.96. The number of nitrogens with two attached hydrogens (primary N) is 1. The molecule has 142 valence electrons. The van der Waals surface area contributed by atoms with Crippen LogP contribution in [0.25, 0.3) is 28.1 Å². The van der Waals surface area contributed by atoms with Crippen molar-refractivity contribution < 1.29 is 9.50 Å². The molecule has 0 radical (unpaired) electrons. The zero-order valence-electron chi connectivity index (χ0n) is 15.1. The molecule has 28 heavy (non-hydrogen) atoms. The van der Waals surface area contributed by atoms with Crippen LogP contribution < -0.4 is 5.73 Å². The normalized spacial score (nSPS) is 17.7. The fourth-order valence-corrected chi connectivity index (χ4v) is 3.72. The van der Waals surface area contributed by atoms with Crippen molar-refractivity contribution in [3.63, 3.8) is 0 Å². The summed E-state index contributed by atoms with van der Waals surface area (Å²) in [6.45, 7) is 2.72. The number of pyridine rings is 2. The second kappa shape index (κ2) is 6.50. The molecule has 3 N–H and O–H groups in total. The number of fused-ring (bicyclic) bond motifs is 2. The minimum atomic E-state index is -0.666. The summed E-state index contributed by atoms with van der Waals surface area (Å²) in [5.41, 5.74) is 8.97. The molecule has 8 heteroatoms. The molecule has 1 atom stereocenters. The smallest absolute Gasteiger partial charge is 0.187 e. The van der Waals surface area contributed by atoms with Crippen molar-refractivity contribution in [2.45, 2.75) is 19.0 Å². The predicted octanol–water partition coefficient (Wildman–Crippen LogP) is 2.32. The van der Waals surface area contributed by atoms with Crippen LogP contribution in [-0.4, -0.2) is 48.7 Å². The molecule has 0 aliphatic carbocycles. The van der Waals surface area contributed by atoms with Gasteiger partial charge in [0.25, 0.3) is 0 Å². The van der Waals surface area contributed by atoms with E-state index in [-0.39, 0.29) is 6.04 Å². The number of phenolic OH excluding ortho intramolecular Hbond substituents is 1. The number of hydrogen-bond acceptors (Lipinski definition) is 6. The van der Waals surface area contributed by atoms with Crippen molar-refractivity contribution in [1.82, 2.24) is 24.5 Å². The molecule has 3 aromatic heterocycles. The van der Waals surface area contributed by atoms with Gasteiger partial charge in [-0.1, -0.05) is 12.1 Å². The topological polar surface area (TPSA) is 92.6 Å². The SMILES string of the molecule is NC1CCN(Cc2ccc3nnc(-c4ccc5cc(F)c(O)cc5n4)n3c2)C1. The van der Waals surface area contributed by atoms with E-state index in [4.69, 9.17) is 5.73 Å². The molecule has 4 aromatic rings. The number of halogens is 1. The standard InChI is InChI=1S/C20H19FN6O/c21-15-7-13-2-3-16(23-17(13)8-18(15)28)20-25-24-19-4-1-12(10-27(19)20)9-26-6-5-14(22)11-26/h1-4,7-8,10,14,28H,5-6,9,11,22H2. The van der Waals surface area contributed by atoms with E-state index in [1.165, 1.54) is 12.1 Å². The van der Waals surface area contributed by atoms with Crippen LogP contribution >= 0.6 is 0 Å². The lowest BCUT2D eigenvalue weighted by Crippen LogP contribution is -2.26. The zero-order chi connectivity index (χ0) is 19.3. The fourth-order valence-electron chi connectivity index (χ4n) is 3.72. The van der Waals surface area contributed by atoms with E-state index in [9.17, 15) is 9.50 Å². The first-order valence-electron chi connectivity index (χ1n) is 9.18. The highest BCUT2D eigenvalue weighted by Crippen LogP contribution is 2.26. The molecular weight excluding hydrogens is 359 g/mol. The molecule has 0 bridgehead atoms. The molecule has 4 heterocycles. The quantitative estimate of drug-likeness (QED) is 0.568. The van der Waals surface area contributed by atoms with Gasteiger partial charge in [-0.05, 0) is 30.2 Å². The summed E-state index contributed by atoms with van der Waals surface area (Å²) in [7, 11) is 0. The molecule has 1 aromatic carbocycles.